The molecule has 164 valence electrons. The highest BCUT2D eigenvalue weighted by molar-refractivity contribution is 6.04. The molecule has 2 fully saturated rings. The first-order valence-electron chi connectivity index (χ1n) is 10.7. The van der Waals surface area contributed by atoms with Gasteiger partial charge in [-0.3, -0.25) is 9.78 Å². The Balaban J connectivity index is 1.38. The number of benzene rings is 1. The fraction of sp³-hybridized carbons (Fsp3) is 0.458. The summed E-state index contributed by atoms with van der Waals surface area (Å²) in [6.45, 7) is 10.7. The van der Waals surface area contributed by atoms with Gasteiger partial charge in [-0.25, -0.2) is 4.79 Å². The standard InChI is InChI=1S/C24H30N4O3/c1-16-6-5-7-20(8-16)26-22(29)17-9-21(11-25-10-17)27-12-18-14-28(15-19(18)13-27)23(30)31-24(2,3)4/h5-11,18-19H,12-15H2,1-4H3,(H,26,29)/t18-,19+. The van der Waals surface area contributed by atoms with Crippen LogP contribution in [0.3, 0.4) is 0 Å². The molecule has 1 aromatic heterocycles. The number of aryl methyl sites for hydroxylation is 1. The summed E-state index contributed by atoms with van der Waals surface area (Å²) in [7, 11) is 0. The summed E-state index contributed by atoms with van der Waals surface area (Å²) in [4.78, 5) is 33.4. The van der Waals surface area contributed by atoms with Gasteiger partial charge in [-0.05, 0) is 51.5 Å². The second-order valence-corrected chi connectivity index (χ2v) is 9.57. The first kappa shape index (κ1) is 21.2. The smallest absolute Gasteiger partial charge is 0.410 e. The summed E-state index contributed by atoms with van der Waals surface area (Å²) in [5.41, 5.74) is 2.86. The van der Waals surface area contributed by atoms with Crippen LogP contribution in [0.5, 0.6) is 0 Å². The zero-order valence-corrected chi connectivity index (χ0v) is 18.6. The molecule has 1 aromatic carbocycles. The van der Waals surface area contributed by atoms with E-state index in [9.17, 15) is 9.59 Å². The lowest BCUT2D eigenvalue weighted by Gasteiger charge is -2.26. The lowest BCUT2D eigenvalue weighted by Crippen LogP contribution is -2.37. The van der Waals surface area contributed by atoms with Crippen LogP contribution in [0.1, 0.15) is 36.7 Å². The van der Waals surface area contributed by atoms with Gasteiger partial charge in [-0.1, -0.05) is 12.1 Å². The van der Waals surface area contributed by atoms with E-state index in [1.54, 1.807) is 12.4 Å². The maximum absolute atomic E-state index is 12.7. The maximum Gasteiger partial charge on any atom is 0.410 e. The largest absolute Gasteiger partial charge is 0.444 e. The van der Waals surface area contributed by atoms with E-state index in [1.807, 2.05) is 62.9 Å². The van der Waals surface area contributed by atoms with E-state index in [0.717, 1.165) is 30.0 Å². The predicted octanol–water partition coefficient (Wildman–Crippen LogP) is 3.95. The summed E-state index contributed by atoms with van der Waals surface area (Å²) in [5, 5.41) is 2.94. The molecule has 2 atom stereocenters. The number of likely N-dealkylation sites (tertiary alicyclic amines) is 1. The molecular weight excluding hydrogens is 392 g/mol. The van der Waals surface area contributed by atoms with Crippen LogP contribution in [-0.2, 0) is 4.74 Å². The molecule has 3 heterocycles. The van der Waals surface area contributed by atoms with Gasteiger partial charge in [0.15, 0.2) is 0 Å². The van der Waals surface area contributed by atoms with Gasteiger partial charge in [0.1, 0.15) is 5.60 Å². The van der Waals surface area contributed by atoms with Gasteiger partial charge in [0.05, 0.1) is 17.4 Å². The SMILES string of the molecule is Cc1cccc(NC(=O)c2cncc(N3C[C@H]4CN(C(=O)OC(C)(C)C)C[C@H]4C3)c2)c1. The topological polar surface area (TPSA) is 74.8 Å². The molecule has 0 saturated carbocycles. The number of anilines is 2. The first-order chi connectivity index (χ1) is 14.7. The molecule has 0 spiro atoms. The fourth-order valence-electron chi connectivity index (χ4n) is 4.33. The minimum atomic E-state index is -0.480. The molecule has 0 aliphatic carbocycles. The lowest BCUT2D eigenvalue weighted by atomic mass is 10.0. The number of rotatable bonds is 3. The zero-order chi connectivity index (χ0) is 22.2. The van der Waals surface area contributed by atoms with Gasteiger partial charge in [-0.2, -0.15) is 0 Å². The zero-order valence-electron chi connectivity index (χ0n) is 18.6. The highest BCUT2D eigenvalue weighted by atomic mass is 16.6. The normalized spacial score (nSPS) is 20.5. The Labute approximate surface area is 183 Å². The Bertz CT molecular complexity index is 971. The summed E-state index contributed by atoms with van der Waals surface area (Å²) in [6.07, 6.45) is 3.16. The highest BCUT2D eigenvalue weighted by Crippen LogP contribution is 2.34. The highest BCUT2D eigenvalue weighted by Gasteiger charge is 2.42. The molecule has 31 heavy (non-hydrogen) atoms. The quantitative estimate of drug-likeness (QED) is 0.811. The predicted molar refractivity (Wildman–Crippen MR) is 120 cm³/mol. The number of pyridine rings is 1. The van der Waals surface area contributed by atoms with E-state index in [-0.39, 0.29) is 12.0 Å². The average molecular weight is 423 g/mol. The summed E-state index contributed by atoms with van der Waals surface area (Å²) >= 11 is 0. The number of nitrogens with one attached hydrogen (secondary N) is 1. The molecule has 0 radical (unpaired) electrons. The number of carbonyl (C=O) groups is 2. The van der Waals surface area contributed by atoms with Gasteiger partial charge in [0, 0.05) is 49.9 Å². The molecule has 2 saturated heterocycles. The fourth-order valence-corrected chi connectivity index (χ4v) is 4.33. The van der Waals surface area contributed by atoms with E-state index in [0.29, 0.717) is 30.5 Å². The number of amides is 2. The van der Waals surface area contributed by atoms with Gasteiger partial charge in [0.2, 0.25) is 0 Å². The van der Waals surface area contributed by atoms with Gasteiger partial charge < -0.3 is 19.9 Å². The third-order valence-electron chi connectivity index (χ3n) is 5.77. The van der Waals surface area contributed by atoms with E-state index >= 15 is 0 Å². The lowest BCUT2D eigenvalue weighted by molar-refractivity contribution is 0.0282. The van der Waals surface area contributed by atoms with Crippen molar-refractivity contribution in [3.63, 3.8) is 0 Å². The van der Waals surface area contributed by atoms with Gasteiger partial charge in [0.25, 0.3) is 5.91 Å². The van der Waals surface area contributed by atoms with E-state index in [2.05, 4.69) is 15.2 Å². The number of nitrogens with zero attached hydrogens (tertiary/aromatic N) is 3. The number of aromatic nitrogens is 1. The van der Waals surface area contributed by atoms with E-state index in [1.165, 1.54) is 0 Å². The maximum atomic E-state index is 12.7. The van der Waals surface area contributed by atoms with Crippen LogP contribution in [0.25, 0.3) is 0 Å². The van der Waals surface area contributed by atoms with Crippen molar-refractivity contribution in [2.75, 3.05) is 36.4 Å². The minimum absolute atomic E-state index is 0.171. The molecule has 2 aliphatic heterocycles. The Morgan fingerprint density at radius 1 is 1.06 bits per heavy atom. The second-order valence-electron chi connectivity index (χ2n) is 9.57. The molecule has 0 bridgehead atoms. The Morgan fingerprint density at radius 2 is 1.77 bits per heavy atom. The first-order valence-corrected chi connectivity index (χ1v) is 10.7. The van der Waals surface area contributed by atoms with Crippen LogP contribution in [-0.4, -0.2) is 53.7 Å². The molecule has 2 aliphatic rings. The number of ether oxygens (including phenoxy) is 1. The monoisotopic (exact) mass is 422 g/mol. The van der Waals surface area contributed by atoms with Crippen LogP contribution in [0.15, 0.2) is 42.7 Å². The summed E-state index contributed by atoms with van der Waals surface area (Å²) < 4.78 is 5.52. The molecule has 2 amide bonds. The summed E-state index contributed by atoms with van der Waals surface area (Å²) in [5.74, 6) is 0.630. The number of fused-ring (bicyclic) bond motifs is 1. The van der Waals surface area contributed by atoms with Gasteiger partial charge >= 0.3 is 6.09 Å². The minimum Gasteiger partial charge on any atom is -0.444 e. The molecular formula is C24H30N4O3. The van der Waals surface area contributed by atoms with Gasteiger partial charge in [-0.15, -0.1) is 0 Å². The average Bonchev–Trinajstić information content (AvgIpc) is 3.26. The second kappa shape index (κ2) is 8.21. The van der Waals surface area contributed by atoms with Crippen molar-refractivity contribution < 1.29 is 14.3 Å². The van der Waals surface area contributed by atoms with Crippen molar-refractivity contribution in [2.45, 2.75) is 33.3 Å². The molecule has 7 nitrogen and oxygen atoms in total. The van der Waals surface area contributed by atoms with Crippen molar-refractivity contribution in [1.29, 1.82) is 0 Å². The molecule has 0 unspecified atom stereocenters. The Morgan fingerprint density at radius 3 is 2.42 bits per heavy atom. The number of hydrogen-bond acceptors (Lipinski definition) is 5. The van der Waals surface area contributed by atoms with Crippen molar-refractivity contribution in [2.24, 2.45) is 11.8 Å². The Kier molecular flexibility index (Phi) is 5.60. The third-order valence-corrected chi connectivity index (χ3v) is 5.77. The van der Waals surface area contributed by atoms with Crippen LogP contribution < -0.4 is 10.2 Å². The van der Waals surface area contributed by atoms with Crippen LogP contribution >= 0.6 is 0 Å². The summed E-state index contributed by atoms with van der Waals surface area (Å²) in [6, 6.07) is 9.62. The van der Waals surface area contributed by atoms with Crippen molar-refractivity contribution in [3.05, 3.63) is 53.9 Å². The third kappa shape index (κ3) is 4.98. The van der Waals surface area contributed by atoms with Crippen LogP contribution in [0.4, 0.5) is 16.2 Å². The van der Waals surface area contributed by atoms with Crippen molar-refractivity contribution >= 4 is 23.4 Å². The van der Waals surface area contributed by atoms with Crippen molar-refractivity contribution in [1.82, 2.24) is 9.88 Å². The Hall–Kier alpha value is -3.09. The van der Waals surface area contributed by atoms with Crippen molar-refractivity contribution in [3.8, 4) is 0 Å². The molecule has 4 rings (SSSR count). The molecule has 7 heteroatoms. The number of carbonyl (C=O) groups excluding carboxylic acids is 2. The van der Waals surface area contributed by atoms with E-state index < -0.39 is 5.60 Å². The van der Waals surface area contributed by atoms with Crippen LogP contribution in [0.2, 0.25) is 0 Å². The van der Waals surface area contributed by atoms with E-state index in [4.69, 9.17) is 4.74 Å². The number of hydrogen-bond donors (Lipinski definition) is 1. The van der Waals surface area contributed by atoms with Crippen LogP contribution in [0, 0.1) is 18.8 Å². The molecule has 2 aromatic rings. The molecule has 1 N–H and O–H groups in total.